The maximum atomic E-state index is 12.0. The largest absolute Gasteiger partial charge is 0.505 e. The summed E-state index contributed by atoms with van der Waals surface area (Å²) in [5.41, 5.74) is 1.49. The molecule has 0 saturated heterocycles. The number of halogens is 4. The molecule has 7 heteroatoms. The second-order valence-corrected chi connectivity index (χ2v) is 4.98. The van der Waals surface area contributed by atoms with Crippen molar-refractivity contribution in [2.24, 2.45) is 0 Å². The van der Waals surface area contributed by atoms with Gasteiger partial charge in [0.05, 0.1) is 10.0 Å². The minimum Gasteiger partial charge on any atom is -0.505 e. The van der Waals surface area contributed by atoms with E-state index in [0.717, 1.165) is 5.56 Å². The maximum Gasteiger partial charge on any atom is 0.387 e. The van der Waals surface area contributed by atoms with Crippen LogP contribution in [0.5, 0.6) is 11.5 Å². The van der Waals surface area contributed by atoms with E-state index in [9.17, 15) is 13.9 Å². The van der Waals surface area contributed by atoms with Gasteiger partial charge in [-0.05, 0) is 29.8 Å². The molecule has 0 bridgehead atoms. The molecule has 0 fully saturated rings. The van der Waals surface area contributed by atoms with Crippen LogP contribution >= 0.6 is 23.2 Å². The fourth-order valence-corrected chi connectivity index (χ4v) is 2.15. The first-order chi connectivity index (χ1) is 9.95. The van der Waals surface area contributed by atoms with Gasteiger partial charge in [0.25, 0.3) is 0 Å². The number of hydrogen-bond acceptors (Lipinski definition) is 3. The molecule has 0 heterocycles. The molecule has 0 aliphatic rings. The molecule has 21 heavy (non-hydrogen) atoms. The zero-order valence-electron chi connectivity index (χ0n) is 10.6. The van der Waals surface area contributed by atoms with Crippen molar-refractivity contribution in [3.05, 3.63) is 52.0 Å². The van der Waals surface area contributed by atoms with Crippen molar-refractivity contribution in [2.45, 2.75) is 13.2 Å². The van der Waals surface area contributed by atoms with E-state index in [1.165, 1.54) is 24.3 Å². The maximum absolute atomic E-state index is 12.0. The normalized spacial score (nSPS) is 10.7. The van der Waals surface area contributed by atoms with E-state index in [4.69, 9.17) is 23.2 Å². The Morgan fingerprint density at radius 3 is 2.19 bits per heavy atom. The lowest BCUT2D eigenvalue weighted by atomic mass is 10.2. The molecule has 0 aliphatic heterocycles. The average Bonchev–Trinajstić information content (AvgIpc) is 2.43. The quantitative estimate of drug-likeness (QED) is 0.763. The molecule has 2 aromatic rings. The molecular weight excluding hydrogens is 323 g/mol. The third-order valence-electron chi connectivity index (χ3n) is 2.66. The highest BCUT2D eigenvalue weighted by molar-refractivity contribution is 6.37. The number of alkyl halides is 2. The molecule has 0 amide bonds. The van der Waals surface area contributed by atoms with Crippen LogP contribution in [0.2, 0.25) is 10.0 Å². The second kappa shape index (κ2) is 6.83. The van der Waals surface area contributed by atoms with Crippen LogP contribution in [0.25, 0.3) is 0 Å². The molecule has 0 saturated carbocycles. The van der Waals surface area contributed by atoms with Gasteiger partial charge in [0.15, 0.2) is 5.75 Å². The van der Waals surface area contributed by atoms with Gasteiger partial charge in [-0.2, -0.15) is 8.78 Å². The molecule has 0 unspecified atom stereocenters. The van der Waals surface area contributed by atoms with E-state index in [1.54, 1.807) is 12.1 Å². The molecule has 0 radical (unpaired) electrons. The second-order valence-electron chi connectivity index (χ2n) is 4.16. The van der Waals surface area contributed by atoms with Gasteiger partial charge in [-0.3, -0.25) is 0 Å². The van der Waals surface area contributed by atoms with E-state index < -0.39 is 6.61 Å². The Morgan fingerprint density at radius 1 is 1.10 bits per heavy atom. The molecule has 2 rings (SSSR count). The minimum atomic E-state index is -2.84. The van der Waals surface area contributed by atoms with Crippen molar-refractivity contribution in [1.29, 1.82) is 0 Å². The van der Waals surface area contributed by atoms with Gasteiger partial charge < -0.3 is 15.2 Å². The van der Waals surface area contributed by atoms with Gasteiger partial charge in [0.1, 0.15) is 5.75 Å². The number of benzene rings is 2. The molecule has 3 nitrogen and oxygen atoms in total. The van der Waals surface area contributed by atoms with Crippen molar-refractivity contribution < 1.29 is 18.6 Å². The van der Waals surface area contributed by atoms with E-state index in [1.807, 2.05) is 0 Å². The Morgan fingerprint density at radius 2 is 1.67 bits per heavy atom. The number of rotatable bonds is 5. The number of nitrogens with one attached hydrogen (secondary N) is 1. The highest BCUT2D eigenvalue weighted by Crippen LogP contribution is 2.34. The number of ether oxygens (including phenoxy) is 1. The molecule has 0 atom stereocenters. The first-order valence-corrected chi connectivity index (χ1v) is 6.67. The van der Waals surface area contributed by atoms with Gasteiger partial charge in [0, 0.05) is 12.2 Å². The summed E-state index contributed by atoms with van der Waals surface area (Å²) in [6.45, 7) is -2.40. The summed E-state index contributed by atoms with van der Waals surface area (Å²) in [5.74, 6) is -0.0677. The summed E-state index contributed by atoms with van der Waals surface area (Å²) in [4.78, 5) is 0. The smallest absolute Gasteiger partial charge is 0.387 e. The molecular formula is C14H11Cl2F2NO2. The lowest BCUT2D eigenvalue weighted by Crippen LogP contribution is -2.03. The van der Waals surface area contributed by atoms with E-state index in [-0.39, 0.29) is 21.5 Å². The first-order valence-electron chi connectivity index (χ1n) is 5.91. The number of anilines is 1. The highest BCUT2D eigenvalue weighted by atomic mass is 35.5. The monoisotopic (exact) mass is 333 g/mol. The molecule has 0 spiro atoms. The summed E-state index contributed by atoms with van der Waals surface area (Å²) in [6.07, 6.45) is 0. The van der Waals surface area contributed by atoms with Crippen molar-refractivity contribution in [3.8, 4) is 11.5 Å². The molecule has 0 aromatic heterocycles. The predicted octanol–water partition coefficient (Wildman–Crippen LogP) is 4.91. The Balaban J connectivity index is 2.00. The van der Waals surface area contributed by atoms with Crippen molar-refractivity contribution in [1.82, 2.24) is 0 Å². The minimum absolute atomic E-state index is 0.101. The standard InChI is InChI=1S/C14H11Cl2F2NO2/c15-11-5-9(6-12(16)13(11)20)19-7-8-1-3-10(4-2-8)21-14(17)18/h1-6,14,19-20H,7H2. The van der Waals surface area contributed by atoms with Crippen molar-refractivity contribution >= 4 is 28.9 Å². The Bertz CT molecular complexity index is 598. The van der Waals surface area contributed by atoms with Gasteiger partial charge >= 0.3 is 6.61 Å². The van der Waals surface area contributed by atoms with Crippen LogP contribution in [0.15, 0.2) is 36.4 Å². The van der Waals surface area contributed by atoms with Crippen LogP contribution in [0, 0.1) is 0 Å². The zero-order valence-corrected chi connectivity index (χ0v) is 12.1. The SMILES string of the molecule is Oc1c(Cl)cc(NCc2ccc(OC(F)F)cc2)cc1Cl. The lowest BCUT2D eigenvalue weighted by Gasteiger charge is -2.10. The molecule has 2 N–H and O–H groups in total. The number of hydrogen-bond donors (Lipinski definition) is 2. The molecule has 0 aliphatic carbocycles. The van der Waals surface area contributed by atoms with Crippen LogP contribution in [0.3, 0.4) is 0 Å². The molecule has 2 aromatic carbocycles. The summed E-state index contributed by atoms with van der Waals surface area (Å²) in [5, 5.41) is 12.8. The van der Waals surface area contributed by atoms with Crippen LogP contribution in [0.1, 0.15) is 5.56 Å². The van der Waals surface area contributed by atoms with Crippen LogP contribution in [-0.2, 0) is 6.54 Å². The Labute approximate surface area is 130 Å². The van der Waals surface area contributed by atoms with Crippen molar-refractivity contribution in [2.75, 3.05) is 5.32 Å². The van der Waals surface area contributed by atoms with Gasteiger partial charge in [0.2, 0.25) is 0 Å². The third-order valence-corrected chi connectivity index (χ3v) is 3.24. The number of phenolic OH excluding ortho intramolecular Hbond substituents is 1. The van der Waals surface area contributed by atoms with E-state index in [0.29, 0.717) is 12.2 Å². The van der Waals surface area contributed by atoms with Gasteiger partial charge in [-0.1, -0.05) is 35.3 Å². The third kappa shape index (κ3) is 4.37. The van der Waals surface area contributed by atoms with Crippen LogP contribution in [-0.4, -0.2) is 11.7 Å². The van der Waals surface area contributed by atoms with E-state index in [2.05, 4.69) is 10.1 Å². The summed E-state index contributed by atoms with van der Waals surface area (Å²) >= 11 is 11.6. The number of aromatic hydroxyl groups is 1. The van der Waals surface area contributed by atoms with Crippen molar-refractivity contribution in [3.63, 3.8) is 0 Å². The van der Waals surface area contributed by atoms with Gasteiger partial charge in [-0.25, -0.2) is 0 Å². The first kappa shape index (κ1) is 15.7. The summed E-state index contributed by atoms with van der Waals surface area (Å²) < 4.78 is 28.3. The average molecular weight is 334 g/mol. The van der Waals surface area contributed by atoms with Crippen LogP contribution < -0.4 is 10.1 Å². The topological polar surface area (TPSA) is 41.5 Å². The summed E-state index contributed by atoms with van der Waals surface area (Å²) in [7, 11) is 0. The fourth-order valence-electron chi connectivity index (χ4n) is 1.66. The van der Waals surface area contributed by atoms with E-state index >= 15 is 0 Å². The Kier molecular flexibility index (Phi) is 5.09. The summed E-state index contributed by atoms with van der Waals surface area (Å²) in [6, 6.07) is 9.32. The lowest BCUT2D eigenvalue weighted by molar-refractivity contribution is -0.0498. The molecule has 112 valence electrons. The zero-order chi connectivity index (χ0) is 15.4. The highest BCUT2D eigenvalue weighted by Gasteiger charge is 2.07. The van der Waals surface area contributed by atoms with Gasteiger partial charge in [-0.15, -0.1) is 0 Å². The fraction of sp³-hybridized carbons (Fsp3) is 0.143. The predicted molar refractivity (Wildman–Crippen MR) is 78.5 cm³/mol. The van der Waals surface area contributed by atoms with Crippen LogP contribution in [0.4, 0.5) is 14.5 Å². The number of phenols is 1. The Hall–Kier alpha value is -1.72.